The van der Waals surface area contributed by atoms with Gasteiger partial charge in [0.05, 0.1) is 0 Å². The summed E-state index contributed by atoms with van der Waals surface area (Å²) < 4.78 is 0. The molecule has 1 aliphatic carbocycles. The minimum absolute atomic E-state index is 0.384. The van der Waals surface area contributed by atoms with Gasteiger partial charge in [0.15, 0.2) is 0 Å². The van der Waals surface area contributed by atoms with Crippen LogP contribution >= 0.6 is 0 Å². The van der Waals surface area contributed by atoms with E-state index < -0.39 is 0 Å². The van der Waals surface area contributed by atoms with Gasteiger partial charge in [0.1, 0.15) is 11.6 Å². The second-order valence-electron chi connectivity index (χ2n) is 6.36. The number of nitrogens with one attached hydrogen (secondary N) is 1. The Morgan fingerprint density at radius 1 is 1.33 bits per heavy atom. The molecule has 1 atom stereocenters. The van der Waals surface area contributed by atoms with Crippen molar-refractivity contribution >= 4 is 5.82 Å². The highest BCUT2D eigenvalue weighted by atomic mass is 15.0. The number of aryl methyl sites for hydroxylation is 1. The zero-order valence-corrected chi connectivity index (χ0v) is 12.5. The van der Waals surface area contributed by atoms with Crippen molar-refractivity contribution < 1.29 is 0 Å². The maximum absolute atomic E-state index is 4.78. The Balaban J connectivity index is 2.41. The molecule has 18 heavy (non-hydrogen) atoms. The summed E-state index contributed by atoms with van der Waals surface area (Å²) in [5, 5.41) is 3.40. The Bertz CT molecular complexity index is 449. The maximum atomic E-state index is 4.78. The summed E-state index contributed by atoms with van der Waals surface area (Å²) in [7, 11) is 0. The van der Waals surface area contributed by atoms with Crippen LogP contribution in [0.1, 0.15) is 70.0 Å². The van der Waals surface area contributed by atoms with E-state index in [2.05, 4.69) is 46.9 Å². The molecule has 0 bridgehead atoms. The SMILES string of the molecule is CCNc1nc(C2CC2(C)C)nc(C)c1C(C)C. The molecule has 0 aromatic carbocycles. The van der Waals surface area contributed by atoms with Gasteiger partial charge in [0, 0.05) is 23.7 Å². The summed E-state index contributed by atoms with van der Waals surface area (Å²) in [6.07, 6.45) is 1.21. The normalized spacial score (nSPS) is 21.2. The minimum atomic E-state index is 0.384. The molecule has 1 aromatic heterocycles. The molecule has 0 aliphatic heterocycles. The Morgan fingerprint density at radius 2 is 1.94 bits per heavy atom. The van der Waals surface area contributed by atoms with Gasteiger partial charge in [-0.1, -0.05) is 27.7 Å². The van der Waals surface area contributed by atoms with Crippen molar-refractivity contribution in [1.29, 1.82) is 0 Å². The highest BCUT2D eigenvalue weighted by Crippen LogP contribution is 2.57. The van der Waals surface area contributed by atoms with Crippen LogP contribution in [-0.2, 0) is 0 Å². The fourth-order valence-corrected chi connectivity index (χ4v) is 2.66. The van der Waals surface area contributed by atoms with E-state index in [1.807, 2.05) is 0 Å². The molecule has 1 heterocycles. The highest BCUT2D eigenvalue weighted by Gasteiger charge is 2.48. The Kier molecular flexibility index (Phi) is 3.35. The van der Waals surface area contributed by atoms with Gasteiger partial charge in [0.2, 0.25) is 0 Å². The lowest BCUT2D eigenvalue weighted by Crippen LogP contribution is -2.11. The van der Waals surface area contributed by atoms with Crippen molar-refractivity contribution in [3.05, 3.63) is 17.1 Å². The number of hydrogen-bond donors (Lipinski definition) is 1. The standard InChI is InChI=1S/C15H25N3/c1-7-16-14-12(9(2)3)10(4)17-13(18-14)11-8-15(11,5)6/h9,11H,7-8H2,1-6H3,(H,16,17,18). The number of rotatable bonds is 4. The van der Waals surface area contributed by atoms with Crippen LogP contribution in [0.3, 0.4) is 0 Å². The first-order valence-corrected chi connectivity index (χ1v) is 6.99. The van der Waals surface area contributed by atoms with Gasteiger partial charge in [-0.2, -0.15) is 0 Å². The number of nitrogens with zero attached hydrogens (tertiary/aromatic N) is 2. The first-order chi connectivity index (χ1) is 8.36. The third-order valence-electron chi connectivity index (χ3n) is 3.90. The molecule has 0 saturated heterocycles. The monoisotopic (exact) mass is 247 g/mol. The topological polar surface area (TPSA) is 37.8 Å². The molecule has 1 unspecified atom stereocenters. The molecule has 100 valence electrons. The molecule has 3 heteroatoms. The summed E-state index contributed by atoms with van der Waals surface area (Å²) in [6.45, 7) is 14.1. The van der Waals surface area contributed by atoms with Crippen LogP contribution in [0, 0.1) is 12.3 Å². The van der Waals surface area contributed by atoms with E-state index in [1.54, 1.807) is 0 Å². The third-order valence-corrected chi connectivity index (χ3v) is 3.90. The summed E-state index contributed by atoms with van der Waals surface area (Å²) in [5.41, 5.74) is 2.78. The molecular weight excluding hydrogens is 222 g/mol. The highest BCUT2D eigenvalue weighted by molar-refractivity contribution is 5.49. The minimum Gasteiger partial charge on any atom is -0.370 e. The Morgan fingerprint density at radius 3 is 2.39 bits per heavy atom. The van der Waals surface area contributed by atoms with E-state index in [1.165, 1.54) is 12.0 Å². The molecule has 3 nitrogen and oxygen atoms in total. The van der Waals surface area contributed by atoms with Crippen molar-refractivity contribution in [2.45, 2.75) is 59.8 Å². The summed E-state index contributed by atoms with van der Waals surface area (Å²) in [6, 6.07) is 0. The Labute approximate surface area is 110 Å². The van der Waals surface area contributed by atoms with Gasteiger partial charge in [-0.15, -0.1) is 0 Å². The zero-order valence-electron chi connectivity index (χ0n) is 12.5. The van der Waals surface area contributed by atoms with E-state index in [9.17, 15) is 0 Å². The van der Waals surface area contributed by atoms with Gasteiger partial charge in [0.25, 0.3) is 0 Å². The van der Waals surface area contributed by atoms with Gasteiger partial charge >= 0.3 is 0 Å². The average molecular weight is 247 g/mol. The van der Waals surface area contributed by atoms with Crippen LogP contribution < -0.4 is 5.32 Å². The van der Waals surface area contributed by atoms with Crippen molar-refractivity contribution in [3.8, 4) is 0 Å². The van der Waals surface area contributed by atoms with Crippen LogP contribution in [-0.4, -0.2) is 16.5 Å². The van der Waals surface area contributed by atoms with Gasteiger partial charge in [-0.25, -0.2) is 9.97 Å². The lowest BCUT2D eigenvalue weighted by molar-refractivity contribution is 0.606. The quantitative estimate of drug-likeness (QED) is 0.878. The van der Waals surface area contributed by atoms with Crippen LogP contribution in [0.2, 0.25) is 0 Å². The lowest BCUT2D eigenvalue weighted by atomic mass is 10.0. The predicted molar refractivity (Wildman–Crippen MR) is 76.2 cm³/mol. The summed E-state index contributed by atoms with van der Waals surface area (Å²) in [4.78, 5) is 9.52. The maximum Gasteiger partial charge on any atom is 0.134 e. The van der Waals surface area contributed by atoms with Crippen LogP contribution in [0.25, 0.3) is 0 Å². The largest absolute Gasteiger partial charge is 0.370 e. The van der Waals surface area contributed by atoms with Crippen molar-refractivity contribution in [2.75, 3.05) is 11.9 Å². The van der Waals surface area contributed by atoms with Gasteiger partial charge in [-0.05, 0) is 31.6 Å². The first kappa shape index (κ1) is 13.3. The molecule has 1 aromatic rings. The smallest absolute Gasteiger partial charge is 0.134 e. The second-order valence-corrected chi connectivity index (χ2v) is 6.36. The molecule has 1 N–H and O–H groups in total. The zero-order chi connectivity index (χ0) is 13.5. The molecule has 1 fully saturated rings. The molecule has 0 spiro atoms. The third kappa shape index (κ3) is 2.36. The van der Waals surface area contributed by atoms with Gasteiger partial charge in [-0.3, -0.25) is 0 Å². The molecule has 0 amide bonds. The first-order valence-electron chi connectivity index (χ1n) is 6.99. The second kappa shape index (κ2) is 4.52. The van der Waals surface area contributed by atoms with Crippen LogP contribution in [0.15, 0.2) is 0 Å². The van der Waals surface area contributed by atoms with E-state index in [0.717, 1.165) is 23.9 Å². The predicted octanol–water partition coefficient (Wildman–Crippen LogP) is 3.85. The molecule has 0 radical (unpaired) electrons. The van der Waals surface area contributed by atoms with Crippen molar-refractivity contribution in [3.63, 3.8) is 0 Å². The van der Waals surface area contributed by atoms with Crippen LogP contribution in [0.4, 0.5) is 5.82 Å². The van der Waals surface area contributed by atoms with E-state index in [0.29, 0.717) is 17.3 Å². The van der Waals surface area contributed by atoms with Gasteiger partial charge < -0.3 is 5.32 Å². The van der Waals surface area contributed by atoms with E-state index in [4.69, 9.17) is 9.97 Å². The molecule has 2 rings (SSSR count). The fourth-order valence-electron chi connectivity index (χ4n) is 2.66. The molecule has 1 aliphatic rings. The molecular formula is C15H25N3. The Hall–Kier alpha value is -1.12. The number of hydrogen-bond acceptors (Lipinski definition) is 3. The van der Waals surface area contributed by atoms with E-state index >= 15 is 0 Å². The van der Waals surface area contributed by atoms with E-state index in [-0.39, 0.29) is 0 Å². The van der Waals surface area contributed by atoms with Crippen LogP contribution in [0.5, 0.6) is 0 Å². The summed E-state index contributed by atoms with van der Waals surface area (Å²) >= 11 is 0. The average Bonchev–Trinajstić information content (AvgIpc) is 2.87. The number of aromatic nitrogens is 2. The lowest BCUT2D eigenvalue weighted by Gasteiger charge is -2.17. The molecule has 1 saturated carbocycles. The van der Waals surface area contributed by atoms with Crippen molar-refractivity contribution in [2.24, 2.45) is 5.41 Å². The fraction of sp³-hybridized carbons (Fsp3) is 0.733. The van der Waals surface area contributed by atoms with Crippen molar-refractivity contribution in [1.82, 2.24) is 9.97 Å². The summed E-state index contributed by atoms with van der Waals surface area (Å²) in [5.74, 6) is 3.06. The number of anilines is 1.